The number of hydrogen-bond donors (Lipinski definition) is 3. The maximum absolute atomic E-state index is 13.1. The predicted molar refractivity (Wildman–Crippen MR) is 99.3 cm³/mol. The molecule has 1 fully saturated rings. The average molecular weight is 372 g/mol. The summed E-state index contributed by atoms with van der Waals surface area (Å²) in [6.45, 7) is 2.85. The second-order valence-corrected chi connectivity index (χ2v) is 6.41. The van der Waals surface area contributed by atoms with Gasteiger partial charge in [0, 0.05) is 31.7 Å². The molecule has 1 aliphatic rings. The topological polar surface area (TPSA) is 113 Å². The number of nitrogens with one attached hydrogen (secondary N) is 2. The Labute approximate surface area is 156 Å². The fourth-order valence-electron chi connectivity index (χ4n) is 3.06. The Morgan fingerprint density at radius 3 is 2.70 bits per heavy atom. The van der Waals surface area contributed by atoms with Crippen LogP contribution in [0.1, 0.15) is 30.3 Å². The molecule has 2 amide bonds. The van der Waals surface area contributed by atoms with Crippen molar-refractivity contribution in [3.8, 4) is 0 Å². The van der Waals surface area contributed by atoms with E-state index in [-0.39, 0.29) is 29.3 Å². The standard InChI is InChI=1S/C18H21FN6O2/c1-11(26)22-14-3-2-8-25(10-14)15-9-21-16(17(20)27)18(24-15)23-13-6-4-12(19)5-7-13/h4-7,9,14H,2-3,8,10H2,1H3,(H2,20,27)(H,22,26)(H,23,24). The maximum atomic E-state index is 13.1. The van der Waals surface area contributed by atoms with Gasteiger partial charge in [-0.15, -0.1) is 0 Å². The highest BCUT2D eigenvalue weighted by Crippen LogP contribution is 2.23. The Balaban J connectivity index is 1.85. The summed E-state index contributed by atoms with van der Waals surface area (Å²) in [6, 6.07) is 5.69. The van der Waals surface area contributed by atoms with Crippen LogP contribution in [0.3, 0.4) is 0 Å². The highest BCUT2D eigenvalue weighted by molar-refractivity contribution is 5.96. The molecule has 1 aliphatic heterocycles. The molecule has 4 N–H and O–H groups in total. The first-order valence-corrected chi connectivity index (χ1v) is 8.64. The van der Waals surface area contributed by atoms with Crippen molar-refractivity contribution >= 4 is 29.1 Å². The van der Waals surface area contributed by atoms with Crippen LogP contribution >= 0.6 is 0 Å². The highest BCUT2D eigenvalue weighted by Gasteiger charge is 2.23. The lowest BCUT2D eigenvalue weighted by Crippen LogP contribution is -2.47. The van der Waals surface area contributed by atoms with Gasteiger partial charge < -0.3 is 21.3 Å². The van der Waals surface area contributed by atoms with Crippen molar-refractivity contribution < 1.29 is 14.0 Å². The molecular weight excluding hydrogens is 351 g/mol. The summed E-state index contributed by atoms with van der Waals surface area (Å²) in [5, 5.41) is 5.88. The van der Waals surface area contributed by atoms with Crippen LogP contribution in [0.4, 0.5) is 21.7 Å². The normalized spacial score (nSPS) is 16.7. The lowest BCUT2D eigenvalue weighted by Gasteiger charge is -2.33. The Bertz CT molecular complexity index is 842. The van der Waals surface area contributed by atoms with Gasteiger partial charge in [-0.2, -0.15) is 0 Å². The van der Waals surface area contributed by atoms with Crippen molar-refractivity contribution in [1.82, 2.24) is 15.3 Å². The molecule has 1 aromatic carbocycles. The molecule has 0 aliphatic carbocycles. The van der Waals surface area contributed by atoms with Gasteiger partial charge in [0.25, 0.3) is 5.91 Å². The predicted octanol–water partition coefficient (Wildman–Crippen LogP) is 1.56. The summed E-state index contributed by atoms with van der Waals surface area (Å²) in [5.74, 6) is -0.384. The number of benzene rings is 1. The van der Waals surface area contributed by atoms with Crippen LogP contribution in [-0.4, -0.2) is 40.9 Å². The van der Waals surface area contributed by atoms with E-state index in [1.165, 1.54) is 37.4 Å². The van der Waals surface area contributed by atoms with Gasteiger partial charge in [0.2, 0.25) is 5.91 Å². The minimum absolute atomic E-state index is 0.00139. The molecule has 0 bridgehead atoms. The molecule has 1 unspecified atom stereocenters. The van der Waals surface area contributed by atoms with E-state index in [1.54, 1.807) is 0 Å². The molecule has 0 saturated carbocycles. The monoisotopic (exact) mass is 372 g/mol. The third-order valence-electron chi connectivity index (χ3n) is 4.25. The van der Waals surface area contributed by atoms with E-state index in [0.717, 1.165) is 19.4 Å². The number of rotatable bonds is 5. The quantitative estimate of drug-likeness (QED) is 0.734. The lowest BCUT2D eigenvalue weighted by atomic mass is 10.1. The molecule has 0 spiro atoms. The molecule has 3 rings (SSSR count). The smallest absolute Gasteiger partial charge is 0.271 e. The van der Waals surface area contributed by atoms with Crippen molar-refractivity contribution in [2.75, 3.05) is 23.3 Å². The molecule has 1 aromatic heterocycles. The van der Waals surface area contributed by atoms with E-state index in [4.69, 9.17) is 5.73 Å². The van der Waals surface area contributed by atoms with Crippen LogP contribution in [0.15, 0.2) is 30.5 Å². The number of nitrogens with two attached hydrogens (primary N) is 1. The molecule has 142 valence electrons. The Hall–Kier alpha value is -3.23. The Morgan fingerprint density at radius 2 is 2.04 bits per heavy atom. The summed E-state index contributed by atoms with van der Waals surface area (Å²) in [5.41, 5.74) is 5.95. The molecule has 1 saturated heterocycles. The first kappa shape index (κ1) is 18.6. The van der Waals surface area contributed by atoms with Gasteiger partial charge in [-0.1, -0.05) is 0 Å². The summed E-state index contributed by atoms with van der Waals surface area (Å²) < 4.78 is 13.1. The second kappa shape index (κ2) is 7.98. The van der Waals surface area contributed by atoms with Crippen LogP contribution in [0.2, 0.25) is 0 Å². The van der Waals surface area contributed by atoms with Crippen molar-refractivity contribution in [1.29, 1.82) is 0 Å². The van der Waals surface area contributed by atoms with E-state index in [2.05, 4.69) is 20.6 Å². The zero-order valence-corrected chi connectivity index (χ0v) is 14.9. The number of aromatic nitrogens is 2. The van der Waals surface area contributed by atoms with Crippen LogP contribution in [0, 0.1) is 5.82 Å². The summed E-state index contributed by atoms with van der Waals surface area (Å²) >= 11 is 0. The van der Waals surface area contributed by atoms with E-state index in [0.29, 0.717) is 18.1 Å². The summed E-state index contributed by atoms with van der Waals surface area (Å²) in [7, 11) is 0. The van der Waals surface area contributed by atoms with Crippen molar-refractivity contribution in [3.05, 3.63) is 42.0 Å². The number of carbonyl (C=O) groups is 2. The first-order chi connectivity index (χ1) is 12.9. The molecule has 0 radical (unpaired) electrons. The van der Waals surface area contributed by atoms with Crippen LogP contribution < -0.4 is 21.3 Å². The average Bonchev–Trinajstić information content (AvgIpc) is 2.63. The third kappa shape index (κ3) is 4.69. The molecule has 8 nitrogen and oxygen atoms in total. The van der Waals surface area contributed by atoms with Crippen molar-refractivity contribution in [2.24, 2.45) is 5.73 Å². The van der Waals surface area contributed by atoms with Gasteiger partial charge in [0.1, 0.15) is 11.6 Å². The van der Waals surface area contributed by atoms with E-state index >= 15 is 0 Å². The molecule has 2 aromatic rings. The van der Waals surface area contributed by atoms with Gasteiger partial charge in [0.05, 0.1) is 6.20 Å². The fraction of sp³-hybridized carbons (Fsp3) is 0.333. The molecule has 2 heterocycles. The molecule has 9 heteroatoms. The number of carbonyl (C=O) groups excluding carboxylic acids is 2. The zero-order chi connectivity index (χ0) is 19.4. The van der Waals surface area contributed by atoms with E-state index in [1.807, 2.05) is 4.90 Å². The van der Waals surface area contributed by atoms with Crippen molar-refractivity contribution in [3.63, 3.8) is 0 Å². The lowest BCUT2D eigenvalue weighted by molar-refractivity contribution is -0.119. The van der Waals surface area contributed by atoms with Gasteiger partial charge in [-0.3, -0.25) is 9.59 Å². The van der Waals surface area contributed by atoms with Gasteiger partial charge in [-0.05, 0) is 37.1 Å². The maximum Gasteiger partial charge on any atom is 0.271 e. The number of piperidine rings is 1. The number of halogens is 1. The SMILES string of the molecule is CC(=O)NC1CCCN(c2cnc(C(N)=O)c(Nc3ccc(F)cc3)n2)C1. The Morgan fingerprint density at radius 1 is 1.30 bits per heavy atom. The van der Waals surface area contributed by atoms with Crippen LogP contribution in [0.25, 0.3) is 0 Å². The first-order valence-electron chi connectivity index (χ1n) is 8.64. The number of amides is 2. The van der Waals surface area contributed by atoms with E-state index < -0.39 is 5.91 Å². The highest BCUT2D eigenvalue weighted by atomic mass is 19.1. The minimum Gasteiger partial charge on any atom is -0.364 e. The minimum atomic E-state index is -0.714. The molecular formula is C18H21FN6O2. The molecule has 1 atom stereocenters. The van der Waals surface area contributed by atoms with Gasteiger partial charge >= 0.3 is 0 Å². The van der Waals surface area contributed by atoms with E-state index in [9.17, 15) is 14.0 Å². The number of hydrogen-bond acceptors (Lipinski definition) is 6. The third-order valence-corrected chi connectivity index (χ3v) is 4.25. The largest absolute Gasteiger partial charge is 0.364 e. The molecule has 27 heavy (non-hydrogen) atoms. The fourth-order valence-corrected chi connectivity index (χ4v) is 3.06. The number of primary amides is 1. The Kier molecular flexibility index (Phi) is 5.49. The van der Waals surface area contributed by atoms with Gasteiger partial charge in [0.15, 0.2) is 11.5 Å². The second-order valence-electron chi connectivity index (χ2n) is 6.41. The van der Waals surface area contributed by atoms with Crippen molar-refractivity contribution in [2.45, 2.75) is 25.8 Å². The van der Waals surface area contributed by atoms with Gasteiger partial charge in [-0.25, -0.2) is 14.4 Å². The zero-order valence-electron chi connectivity index (χ0n) is 14.9. The van der Waals surface area contributed by atoms with Crippen LogP contribution in [-0.2, 0) is 4.79 Å². The number of anilines is 3. The summed E-state index contributed by atoms with van der Waals surface area (Å²) in [4.78, 5) is 33.6. The number of nitrogens with zero attached hydrogens (tertiary/aromatic N) is 3. The summed E-state index contributed by atoms with van der Waals surface area (Å²) in [6.07, 6.45) is 3.28. The van der Waals surface area contributed by atoms with Crippen LogP contribution in [0.5, 0.6) is 0 Å².